The summed E-state index contributed by atoms with van der Waals surface area (Å²) < 4.78 is 2.08. The van der Waals surface area contributed by atoms with Crippen molar-refractivity contribution in [3.05, 3.63) is 66.0 Å². The van der Waals surface area contributed by atoms with Crippen molar-refractivity contribution < 1.29 is 0 Å². The number of aromatic nitrogens is 1. The van der Waals surface area contributed by atoms with Crippen molar-refractivity contribution in [3.63, 3.8) is 0 Å². The first-order chi connectivity index (χ1) is 7.31. The van der Waals surface area contributed by atoms with Crippen LogP contribution >= 0.6 is 11.6 Å². The SMILES string of the molecule is C=CCc1cc(Cl)ccc1-n1cccc1. The van der Waals surface area contributed by atoms with Crippen LogP contribution in [0.15, 0.2) is 55.4 Å². The van der Waals surface area contributed by atoms with Gasteiger partial charge in [-0.25, -0.2) is 0 Å². The third-order valence-corrected chi connectivity index (χ3v) is 2.52. The van der Waals surface area contributed by atoms with E-state index in [1.165, 1.54) is 5.56 Å². The number of halogens is 1. The van der Waals surface area contributed by atoms with Gasteiger partial charge in [-0.2, -0.15) is 0 Å². The summed E-state index contributed by atoms with van der Waals surface area (Å²) in [6.45, 7) is 3.76. The fourth-order valence-electron chi connectivity index (χ4n) is 1.62. The predicted octanol–water partition coefficient (Wildman–Crippen LogP) is 3.86. The Bertz CT molecular complexity index is 457. The summed E-state index contributed by atoms with van der Waals surface area (Å²) >= 11 is 5.97. The molecule has 2 aromatic rings. The second-order valence-corrected chi connectivity index (χ2v) is 3.79. The highest BCUT2D eigenvalue weighted by Gasteiger charge is 2.02. The molecule has 1 heterocycles. The van der Waals surface area contributed by atoms with Gasteiger partial charge < -0.3 is 4.57 Å². The molecule has 1 aromatic heterocycles. The average molecular weight is 218 g/mol. The van der Waals surface area contributed by atoms with E-state index in [1.807, 2.05) is 48.8 Å². The zero-order valence-electron chi connectivity index (χ0n) is 8.36. The monoisotopic (exact) mass is 217 g/mol. The molecule has 0 aliphatic rings. The Morgan fingerprint density at radius 3 is 2.67 bits per heavy atom. The third-order valence-electron chi connectivity index (χ3n) is 2.29. The van der Waals surface area contributed by atoms with E-state index in [0.717, 1.165) is 17.1 Å². The maximum Gasteiger partial charge on any atom is 0.0485 e. The van der Waals surface area contributed by atoms with Gasteiger partial charge in [0.15, 0.2) is 0 Å². The van der Waals surface area contributed by atoms with Crippen LogP contribution in [0.2, 0.25) is 5.02 Å². The molecule has 0 amide bonds. The molecule has 0 unspecified atom stereocenters. The highest BCUT2D eigenvalue weighted by Crippen LogP contribution is 2.20. The van der Waals surface area contributed by atoms with E-state index in [1.54, 1.807) is 0 Å². The highest BCUT2D eigenvalue weighted by molar-refractivity contribution is 6.30. The molecule has 2 heteroatoms. The van der Waals surface area contributed by atoms with Gasteiger partial charge in [-0.1, -0.05) is 17.7 Å². The largest absolute Gasteiger partial charge is 0.324 e. The van der Waals surface area contributed by atoms with E-state index < -0.39 is 0 Å². The lowest BCUT2D eigenvalue weighted by Gasteiger charge is -2.09. The summed E-state index contributed by atoms with van der Waals surface area (Å²) in [7, 11) is 0. The van der Waals surface area contributed by atoms with E-state index in [2.05, 4.69) is 11.1 Å². The molecule has 0 aliphatic carbocycles. The molecule has 0 saturated carbocycles. The summed E-state index contributed by atoms with van der Waals surface area (Å²) in [4.78, 5) is 0. The summed E-state index contributed by atoms with van der Waals surface area (Å²) in [5.74, 6) is 0. The Balaban J connectivity index is 2.50. The first kappa shape index (κ1) is 10.1. The van der Waals surface area contributed by atoms with Crippen LogP contribution in [0.5, 0.6) is 0 Å². The van der Waals surface area contributed by atoms with Gasteiger partial charge in [-0.05, 0) is 42.3 Å². The molecule has 0 fully saturated rings. The molecule has 1 nitrogen and oxygen atoms in total. The molecule has 0 atom stereocenters. The van der Waals surface area contributed by atoms with Crippen molar-refractivity contribution >= 4 is 11.6 Å². The molecule has 76 valence electrons. The molecule has 0 aliphatic heterocycles. The van der Waals surface area contributed by atoms with Crippen molar-refractivity contribution in [3.8, 4) is 5.69 Å². The van der Waals surface area contributed by atoms with E-state index in [-0.39, 0.29) is 0 Å². The number of rotatable bonds is 3. The lowest BCUT2D eigenvalue weighted by molar-refractivity contribution is 1.04. The van der Waals surface area contributed by atoms with Gasteiger partial charge in [0.25, 0.3) is 0 Å². The molecule has 0 radical (unpaired) electrons. The molecule has 0 N–H and O–H groups in total. The molecule has 15 heavy (non-hydrogen) atoms. The van der Waals surface area contributed by atoms with Crippen LogP contribution in [0, 0.1) is 0 Å². The Labute approximate surface area is 94.6 Å². The Morgan fingerprint density at radius 2 is 2.00 bits per heavy atom. The second-order valence-electron chi connectivity index (χ2n) is 3.36. The van der Waals surface area contributed by atoms with E-state index in [9.17, 15) is 0 Å². The van der Waals surface area contributed by atoms with Crippen LogP contribution in [-0.2, 0) is 6.42 Å². The molecule has 0 bridgehead atoms. The van der Waals surface area contributed by atoms with Gasteiger partial charge in [0, 0.05) is 23.1 Å². The number of nitrogens with zero attached hydrogens (tertiary/aromatic N) is 1. The number of benzene rings is 1. The van der Waals surface area contributed by atoms with Crippen molar-refractivity contribution in [2.75, 3.05) is 0 Å². The maximum atomic E-state index is 5.97. The summed E-state index contributed by atoms with van der Waals surface area (Å²) in [5, 5.41) is 0.766. The first-order valence-electron chi connectivity index (χ1n) is 4.84. The van der Waals surface area contributed by atoms with Crippen molar-refractivity contribution in [2.45, 2.75) is 6.42 Å². The highest BCUT2D eigenvalue weighted by atomic mass is 35.5. The fourth-order valence-corrected chi connectivity index (χ4v) is 1.81. The van der Waals surface area contributed by atoms with Crippen LogP contribution in [0.3, 0.4) is 0 Å². The molecular formula is C13H12ClN. The van der Waals surface area contributed by atoms with Gasteiger partial charge >= 0.3 is 0 Å². The Kier molecular flexibility index (Phi) is 2.93. The minimum absolute atomic E-state index is 0.766. The summed E-state index contributed by atoms with van der Waals surface area (Å²) in [6.07, 6.45) is 6.76. The van der Waals surface area contributed by atoms with Gasteiger partial charge in [0.05, 0.1) is 0 Å². The second kappa shape index (κ2) is 4.37. The zero-order chi connectivity index (χ0) is 10.7. The smallest absolute Gasteiger partial charge is 0.0485 e. The van der Waals surface area contributed by atoms with E-state index in [4.69, 9.17) is 11.6 Å². The Morgan fingerprint density at radius 1 is 1.27 bits per heavy atom. The average Bonchev–Trinajstić information content (AvgIpc) is 2.71. The van der Waals surface area contributed by atoms with Crippen LogP contribution in [-0.4, -0.2) is 4.57 Å². The lowest BCUT2D eigenvalue weighted by Crippen LogP contribution is -1.96. The molecule has 1 aromatic carbocycles. The van der Waals surface area contributed by atoms with Gasteiger partial charge in [0.1, 0.15) is 0 Å². The topological polar surface area (TPSA) is 4.93 Å². The number of hydrogen-bond acceptors (Lipinski definition) is 0. The Hall–Kier alpha value is -1.47. The minimum atomic E-state index is 0.766. The fraction of sp³-hybridized carbons (Fsp3) is 0.0769. The van der Waals surface area contributed by atoms with Crippen LogP contribution in [0.4, 0.5) is 0 Å². The van der Waals surface area contributed by atoms with Crippen LogP contribution in [0.25, 0.3) is 5.69 Å². The summed E-state index contributed by atoms with van der Waals surface area (Å²) in [5.41, 5.74) is 2.35. The molecule has 0 saturated heterocycles. The van der Waals surface area contributed by atoms with Crippen molar-refractivity contribution in [1.29, 1.82) is 0 Å². The number of allylic oxidation sites excluding steroid dienone is 1. The summed E-state index contributed by atoms with van der Waals surface area (Å²) in [6, 6.07) is 9.93. The standard InChI is InChI=1S/C13H12ClN/c1-2-5-11-10-12(14)6-7-13(11)15-8-3-4-9-15/h2-4,6-10H,1,5H2. The lowest BCUT2D eigenvalue weighted by atomic mass is 10.1. The third kappa shape index (κ3) is 2.13. The predicted molar refractivity (Wildman–Crippen MR) is 64.7 cm³/mol. The van der Waals surface area contributed by atoms with Gasteiger partial charge in [-0.15, -0.1) is 6.58 Å². The van der Waals surface area contributed by atoms with E-state index >= 15 is 0 Å². The quantitative estimate of drug-likeness (QED) is 0.688. The maximum absolute atomic E-state index is 5.97. The van der Waals surface area contributed by atoms with Gasteiger partial charge in [-0.3, -0.25) is 0 Å². The van der Waals surface area contributed by atoms with Gasteiger partial charge in [0.2, 0.25) is 0 Å². The molecular weight excluding hydrogens is 206 g/mol. The van der Waals surface area contributed by atoms with Crippen LogP contribution < -0.4 is 0 Å². The number of hydrogen-bond donors (Lipinski definition) is 0. The zero-order valence-corrected chi connectivity index (χ0v) is 9.11. The molecule has 0 spiro atoms. The minimum Gasteiger partial charge on any atom is -0.324 e. The van der Waals surface area contributed by atoms with E-state index in [0.29, 0.717) is 0 Å². The first-order valence-corrected chi connectivity index (χ1v) is 5.22. The van der Waals surface area contributed by atoms with Crippen LogP contribution in [0.1, 0.15) is 5.56 Å². The normalized spacial score (nSPS) is 10.2. The van der Waals surface area contributed by atoms with Crippen molar-refractivity contribution in [2.24, 2.45) is 0 Å². The van der Waals surface area contributed by atoms with Crippen molar-refractivity contribution in [1.82, 2.24) is 4.57 Å². The molecule has 2 rings (SSSR count).